The van der Waals surface area contributed by atoms with Crippen molar-refractivity contribution in [2.75, 3.05) is 0 Å². The van der Waals surface area contributed by atoms with Crippen molar-refractivity contribution < 1.29 is 9.59 Å². The normalized spacial score (nSPS) is 18.8. The Morgan fingerprint density at radius 1 is 1.18 bits per heavy atom. The van der Waals surface area contributed by atoms with E-state index in [0.717, 1.165) is 25.7 Å². The van der Waals surface area contributed by atoms with Crippen molar-refractivity contribution in [2.45, 2.75) is 65.0 Å². The van der Waals surface area contributed by atoms with E-state index in [1.807, 2.05) is 20.8 Å². The van der Waals surface area contributed by atoms with Crippen molar-refractivity contribution in [2.24, 2.45) is 5.92 Å². The fourth-order valence-electron chi connectivity index (χ4n) is 2.06. The molecule has 4 nitrogen and oxygen atoms in total. The molecule has 0 heterocycles. The third kappa shape index (κ3) is 4.75. The molecule has 1 saturated carbocycles. The van der Waals surface area contributed by atoms with Crippen LogP contribution < -0.4 is 10.6 Å². The Morgan fingerprint density at radius 2 is 1.71 bits per heavy atom. The topological polar surface area (TPSA) is 58.2 Å². The molecule has 0 aromatic heterocycles. The summed E-state index contributed by atoms with van der Waals surface area (Å²) in [6.45, 7) is 7.51. The van der Waals surface area contributed by atoms with Gasteiger partial charge in [0.2, 0.25) is 11.8 Å². The number of hydrogen-bond donors (Lipinski definition) is 2. The quantitative estimate of drug-likeness (QED) is 0.787. The van der Waals surface area contributed by atoms with Crippen molar-refractivity contribution in [1.82, 2.24) is 10.6 Å². The van der Waals surface area contributed by atoms with Gasteiger partial charge < -0.3 is 10.6 Å². The van der Waals surface area contributed by atoms with Crippen LogP contribution in [0.2, 0.25) is 0 Å². The molecule has 1 aliphatic carbocycles. The molecule has 0 aliphatic heterocycles. The SMILES string of the molecule is C[C@H](NC(=O)C1CCCC1)C(=O)NC(C)(C)C. The minimum absolute atomic E-state index is 0.0269. The van der Waals surface area contributed by atoms with Gasteiger partial charge in [0.1, 0.15) is 6.04 Å². The maximum Gasteiger partial charge on any atom is 0.242 e. The molecule has 17 heavy (non-hydrogen) atoms. The first-order chi connectivity index (χ1) is 7.79. The average molecular weight is 240 g/mol. The molecule has 98 valence electrons. The second-order valence-corrected chi connectivity index (χ2v) is 5.95. The summed E-state index contributed by atoms with van der Waals surface area (Å²) in [5.41, 5.74) is -0.260. The van der Waals surface area contributed by atoms with Crippen LogP contribution in [-0.4, -0.2) is 23.4 Å². The lowest BCUT2D eigenvalue weighted by molar-refractivity contribution is -0.131. The van der Waals surface area contributed by atoms with E-state index in [0.29, 0.717) is 0 Å². The van der Waals surface area contributed by atoms with Gasteiger partial charge in [-0.1, -0.05) is 12.8 Å². The first-order valence-corrected chi connectivity index (χ1v) is 6.42. The van der Waals surface area contributed by atoms with Crippen molar-refractivity contribution in [3.63, 3.8) is 0 Å². The van der Waals surface area contributed by atoms with Crippen LogP contribution in [0.4, 0.5) is 0 Å². The smallest absolute Gasteiger partial charge is 0.242 e. The third-order valence-corrected chi connectivity index (χ3v) is 2.98. The van der Waals surface area contributed by atoms with E-state index < -0.39 is 6.04 Å². The summed E-state index contributed by atoms with van der Waals surface area (Å²) in [5.74, 6) is 0.0165. The van der Waals surface area contributed by atoms with Gasteiger partial charge in [0, 0.05) is 11.5 Å². The second kappa shape index (κ2) is 5.52. The molecule has 1 atom stereocenters. The molecule has 2 amide bonds. The Morgan fingerprint density at radius 3 is 2.18 bits per heavy atom. The fourth-order valence-corrected chi connectivity index (χ4v) is 2.06. The van der Waals surface area contributed by atoms with Crippen molar-refractivity contribution in [3.8, 4) is 0 Å². The maximum absolute atomic E-state index is 11.8. The zero-order valence-corrected chi connectivity index (χ0v) is 11.3. The van der Waals surface area contributed by atoms with Crippen molar-refractivity contribution in [3.05, 3.63) is 0 Å². The second-order valence-electron chi connectivity index (χ2n) is 5.95. The molecule has 4 heteroatoms. The summed E-state index contributed by atoms with van der Waals surface area (Å²) in [7, 11) is 0. The summed E-state index contributed by atoms with van der Waals surface area (Å²) in [4.78, 5) is 23.6. The standard InChI is InChI=1S/C13H24N2O2/c1-9(11(16)15-13(2,3)4)14-12(17)10-7-5-6-8-10/h9-10H,5-8H2,1-4H3,(H,14,17)(H,15,16)/t9-/m0/s1. The summed E-state index contributed by atoms with van der Waals surface area (Å²) in [6, 6.07) is -0.456. The third-order valence-electron chi connectivity index (χ3n) is 2.98. The summed E-state index contributed by atoms with van der Waals surface area (Å²) < 4.78 is 0. The highest BCUT2D eigenvalue weighted by Gasteiger charge is 2.26. The molecular formula is C13H24N2O2. The number of rotatable bonds is 3. The predicted molar refractivity (Wildman–Crippen MR) is 67.5 cm³/mol. The van der Waals surface area contributed by atoms with Crippen LogP contribution in [-0.2, 0) is 9.59 Å². The van der Waals surface area contributed by atoms with E-state index in [2.05, 4.69) is 10.6 Å². The Bertz CT molecular complexity index is 288. The highest BCUT2D eigenvalue weighted by atomic mass is 16.2. The first kappa shape index (κ1) is 14.0. The summed E-state index contributed by atoms with van der Waals surface area (Å²) in [5, 5.41) is 5.65. The van der Waals surface area contributed by atoms with Crippen LogP contribution >= 0.6 is 0 Å². The zero-order chi connectivity index (χ0) is 13.1. The molecular weight excluding hydrogens is 216 g/mol. The van der Waals surface area contributed by atoms with Crippen LogP contribution in [0, 0.1) is 5.92 Å². The molecule has 0 spiro atoms. The molecule has 0 saturated heterocycles. The molecule has 1 rings (SSSR count). The number of nitrogens with one attached hydrogen (secondary N) is 2. The summed E-state index contributed by atoms with van der Waals surface area (Å²) in [6.07, 6.45) is 4.17. The van der Waals surface area contributed by atoms with Gasteiger partial charge in [-0.05, 0) is 40.5 Å². The Labute approximate surface area is 104 Å². The van der Waals surface area contributed by atoms with E-state index in [1.165, 1.54) is 0 Å². The molecule has 0 aromatic rings. The number of amides is 2. The lowest BCUT2D eigenvalue weighted by Gasteiger charge is -2.24. The van der Waals surface area contributed by atoms with E-state index >= 15 is 0 Å². The zero-order valence-electron chi connectivity index (χ0n) is 11.3. The van der Waals surface area contributed by atoms with Crippen LogP contribution in [0.15, 0.2) is 0 Å². The number of carbonyl (C=O) groups is 2. The molecule has 1 fully saturated rings. The van der Waals surface area contributed by atoms with Gasteiger partial charge in [0.15, 0.2) is 0 Å². The Balaban J connectivity index is 2.40. The molecule has 0 unspecified atom stereocenters. The van der Waals surface area contributed by atoms with E-state index in [4.69, 9.17) is 0 Å². The minimum atomic E-state index is -0.456. The van der Waals surface area contributed by atoms with E-state index in [-0.39, 0.29) is 23.3 Å². The average Bonchev–Trinajstić information content (AvgIpc) is 2.67. The number of carbonyl (C=O) groups excluding carboxylic acids is 2. The van der Waals surface area contributed by atoms with Gasteiger partial charge in [-0.25, -0.2) is 0 Å². The van der Waals surface area contributed by atoms with Gasteiger partial charge >= 0.3 is 0 Å². The highest BCUT2D eigenvalue weighted by molar-refractivity contribution is 5.88. The van der Waals surface area contributed by atoms with E-state index in [1.54, 1.807) is 6.92 Å². The van der Waals surface area contributed by atoms with Gasteiger partial charge in [-0.2, -0.15) is 0 Å². The maximum atomic E-state index is 11.8. The number of hydrogen-bond acceptors (Lipinski definition) is 2. The summed E-state index contributed by atoms with van der Waals surface area (Å²) >= 11 is 0. The van der Waals surface area contributed by atoms with E-state index in [9.17, 15) is 9.59 Å². The lowest BCUT2D eigenvalue weighted by atomic mass is 10.1. The highest BCUT2D eigenvalue weighted by Crippen LogP contribution is 2.24. The van der Waals surface area contributed by atoms with Crippen molar-refractivity contribution in [1.29, 1.82) is 0 Å². The van der Waals surface area contributed by atoms with Gasteiger partial charge in [-0.3, -0.25) is 9.59 Å². The van der Waals surface area contributed by atoms with Gasteiger partial charge in [0.05, 0.1) is 0 Å². The predicted octanol–water partition coefficient (Wildman–Crippen LogP) is 1.60. The molecule has 1 aliphatic rings. The van der Waals surface area contributed by atoms with Gasteiger partial charge in [-0.15, -0.1) is 0 Å². The van der Waals surface area contributed by atoms with Crippen LogP contribution in [0.3, 0.4) is 0 Å². The Kier molecular flexibility index (Phi) is 4.54. The minimum Gasteiger partial charge on any atom is -0.350 e. The molecule has 0 bridgehead atoms. The first-order valence-electron chi connectivity index (χ1n) is 6.42. The molecule has 0 aromatic carbocycles. The van der Waals surface area contributed by atoms with Crippen LogP contribution in [0.1, 0.15) is 53.4 Å². The van der Waals surface area contributed by atoms with Crippen molar-refractivity contribution >= 4 is 11.8 Å². The van der Waals surface area contributed by atoms with Crippen LogP contribution in [0.25, 0.3) is 0 Å². The van der Waals surface area contributed by atoms with Gasteiger partial charge in [0.25, 0.3) is 0 Å². The monoisotopic (exact) mass is 240 g/mol. The molecule has 0 radical (unpaired) electrons. The fraction of sp³-hybridized carbons (Fsp3) is 0.846. The van der Waals surface area contributed by atoms with Crippen LogP contribution in [0.5, 0.6) is 0 Å². The largest absolute Gasteiger partial charge is 0.350 e. The Hall–Kier alpha value is -1.06. The lowest BCUT2D eigenvalue weighted by Crippen LogP contribution is -2.51. The molecule has 2 N–H and O–H groups in total.